The minimum absolute atomic E-state index is 0.104. The molecule has 7 rings (SSSR count). The number of allylic oxidation sites excluding steroid dienone is 1. The summed E-state index contributed by atoms with van der Waals surface area (Å²) in [6.45, 7) is 8.00. The van der Waals surface area contributed by atoms with Gasteiger partial charge in [0.15, 0.2) is 0 Å². The zero-order valence-electron chi connectivity index (χ0n) is 29.5. The quantitative estimate of drug-likeness (QED) is 0.241. The molecule has 3 amide bonds. The number of nitrogens with zero attached hydrogens (tertiary/aromatic N) is 7. The van der Waals surface area contributed by atoms with Crippen LogP contribution >= 0.6 is 0 Å². The van der Waals surface area contributed by atoms with Gasteiger partial charge in [0.1, 0.15) is 17.6 Å². The van der Waals surface area contributed by atoms with Crippen LogP contribution in [0.4, 0.5) is 19.0 Å². The van der Waals surface area contributed by atoms with Gasteiger partial charge in [-0.1, -0.05) is 48.5 Å². The van der Waals surface area contributed by atoms with Crippen LogP contribution in [-0.2, 0) is 27.0 Å². The van der Waals surface area contributed by atoms with Crippen LogP contribution < -0.4 is 10.2 Å². The molecule has 2 aromatic carbocycles. The Morgan fingerprint density at radius 2 is 1.85 bits per heavy atom. The van der Waals surface area contributed by atoms with Gasteiger partial charge < -0.3 is 15.0 Å². The van der Waals surface area contributed by atoms with Crippen molar-refractivity contribution < 1.29 is 32.3 Å². The van der Waals surface area contributed by atoms with E-state index in [2.05, 4.69) is 25.3 Å². The monoisotopic (exact) mass is 728 g/mol. The topological polar surface area (TPSA) is 126 Å². The number of carbonyl (C=O) groups excluding carboxylic acids is 3. The predicted octanol–water partition coefficient (Wildman–Crippen LogP) is 4.22. The Labute approximate surface area is 304 Å². The normalized spacial score (nSPS) is 19.7. The van der Waals surface area contributed by atoms with E-state index in [0.29, 0.717) is 40.8 Å². The van der Waals surface area contributed by atoms with E-state index in [0.717, 1.165) is 38.1 Å². The largest absolute Gasteiger partial charge is 0.433 e. The molecule has 5 heterocycles. The molecule has 2 atom stereocenters. The first-order valence-electron chi connectivity index (χ1n) is 17.4. The number of fused-ring (bicyclic) bond motifs is 1. The molecule has 1 spiro atoms. The number of carbonyl (C=O) groups is 3. The SMILES string of the molecule is C/C=C(\CN1CC2(COC2)C1)C(=O)N(C)Cc1cccc([C@@H]2c3cnn(-c4ccccc4)c3N(CC)C(=O)[C@H]2NC(=O)c2nccc(C(F)(F)F)n2)c1. The zero-order valence-corrected chi connectivity index (χ0v) is 29.5. The van der Waals surface area contributed by atoms with Crippen molar-refractivity contribution in [3.8, 4) is 5.69 Å². The molecule has 3 aliphatic heterocycles. The van der Waals surface area contributed by atoms with Crippen molar-refractivity contribution in [2.24, 2.45) is 5.41 Å². The Hall–Kier alpha value is -5.41. The lowest BCUT2D eigenvalue weighted by molar-refractivity contribution is -0.187. The maximum absolute atomic E-state index is 14.4. The first-order valence-corrected chi connectivity index (χ1v) is 17.4. The van der Waals surface area contributed by atoms with Gasteiger partial charge in [-0.3, -0.25) is 24.2 Å². The first kappa shape index (κ1) is 36.0. The second kappa shape index (κ2) is 14.2. The molecule has 2 saturated heterocycles. The van der Waals surface area contributed by atoms with Crippen LogP contribution in [0.1, 0.15) is 52.8 Å². The molecule has 3 aliphatic rings. The number of benzene rings is 2. The third-order valence-corrected chi connectivity index (χ3v) is 10.0. The summed E-state index contributed by atoms with van der Waals surface area (Å²) in [4.78, 5) is 54.1. The van der Waals surface area contributed by atoms with Gasteiger partial charge in [-0.05, 0) is 43.2 Å². The zero-order chi connectivity index (χ0) is 37.5. The molecule has 276 valence electrons. The Kier molecular flexibility index (Phi) is 9.63. The summed E-state index contributed by atoms with van der Waals surface area (Å²) in [5.41, 5.74) is 2.38. The number of para-hydroxylation sites is 1. The number of aromatic nitrogens is 4. The van der Waals surface area contributed by atoms with E-state index in [4.69, 9.17) is 4.74 Å². The Bertz CT molecular complexity index is 2060. The summed E-state index contributed by atoms with van der Waals surface area (Å²) >= 11 is 0. The number of rotatable bonds is 10. The molecule has 0 aliphatic carbocycles. The highest BCUT2D eigenvalue weighted by atomic mass is 19.4. The molecule has 53 heavy (non-hydrogen) atoms. The van der Waals surface area contributed by atoms with Crippen molar-refractivity contribution in [3.05, 3.63) is 113 Å². The molecule has 0 saturated carbocycles. The molecule has 2 aromatic heterocycles. The summed E-state index contributed by atoms with van der Waals surface area (Å²) in [7, 11) is 1.74. The van der Waals surface area contributed by atoms with E-state index in [-0.39, 0.29) is 24.4 Å². The van der Waals surface area contributed by atoms with E-state index < -0.39 is 41.5 Å². The van der Waals surface area contributed by atoms with Crippen molar-refractivity contribution in [3.63, 3.8) is 0 Å². The number of amides is 3. The van der Waals surface area contributed by atoms with Crippen LogP contribution in [0, 0.1) is 5.41 Å². The summed E-state index contributed by atoms with van der Waals surface area (Å²) in [6.07, 6.45) is -0.460. The highest BCUT2D eigenvalue weighted by molar-refractivity contribution is 6.04. The fourth-order valence-corrected chi connectivity index (χ4v) is 7.44. The fraction of sp³-hybridized carbons (Fsp3) is 0.368. The van der Waals surface area contributed by atoms with Gasteiger partial charge in [-0.2, -0.15) is 18.3 Å². The number of nitrogens with one attached hydrogen (secondary N) is 1. The molecule has 15 heteroatoms. The minimum Gasteiger partial charge on any atom is -0.380 e. The van der Waals surface area contributed by atoms with Crippen LogP contribution in [0.25, 0.3) is 5.69 Å². The first-order chi connectivity index (χ1) is 25.4. The van der Waals surface area contributed by atoms with Crippen LogP contribution in [-0.4, -0.2) is 99.8 Å². The third-order valence-electron chi connectivity index (χ3n) is 10.0. The Morgan fingerprint density at radius 1 is 1.09 bits per heavy atom. The van der Waals surface area contributed by atoms with E-state index in [1.807, 2.05) is 67.6 Å². The Balaban J connectivity index is 1.20. The van der Waals surface area contributed by atoms with E-state index >= 15 is 0 Å². The number of ether oxygens (including phenoxy) is 1. The van der Waals surface area contributed by atoms with Gasteiger partial charge >= 0.3 is 6.18 Å². The molecular weight excluding hydrogens is 689 g/mol. The highest BCUT2D eigenvalue weighted by Gasteiger charge is 2.49. The third kappa shape index (κ3) is 6.93. The van der Waals surface area contributed by atoms with Gasteiger partial charge in [0.2, 0.25) is 5.82 Å². The molecular formula is C38H39F3N8O4. The second-order valence-corrected chi connectivity index (χ2v) is 13.8. The maximum Gasteiger partial charge on any atom is 0.433 e. The van der Waals surface area contributed by atoms with Crippen molar-refractivity contribution in [2.45, 2.75) is 38.5 Å². The van der Waals surface area contributed by atoms with Gasteiger partial charge in [0.05, 0.1) is 25.1 Å². The summed E-state index contributed by atoms with van der Waals surface area (Å²) in [6, 6.07) is 16.1. The lowest BCUT2D eigenvalue weighted by atomic mass is 9.78. The van der Waals surface area contributed by atoms with Crippen LogP contribution in [0.15, 0.2) is 84.7 Å². The molecule has 0 bridgehead atoms. The van der Waals surface area contributed by atoms with Crippen LogP contribution in [0.2, 0.25) is 0 Å². The van der Waals surface area contributed by atoms with Crippen molar-refractivity contribution in [2.75, 3.05) is 51.3 Å². The number of alkyl halides is 3. The number of likely N-dealkylation sites (tertiary alicyclic amines) is 1. The average molecular weight is 729 g/mol. The summed E-state index contributed by atoms with van der Waals surface area (Å²) in [5, 5.41) is 7.32. The minimum atomic E-state index is -4.80. The molecule has 2 fully saturated rings. The van der Waals surface area contributed by atoms with Gasteiger partial charge in [0.25, 0.3) is 17.7 Å². The number of halogens is 3. The Morgan fingerprint density at radius 3 is 2.51 bits per heavy atom. The van der Waals surface area contributed by atoms with Crippen molar-refractivity contribution in [1.29, 1.82) is 0 Å². The van der Waals surface area contributed by atoms with Gasteiger partial charge in [0, 0.05) is 68.4 Å². The number of hydrogen-bond donors (Lipinski definition) is 1. The smallest absolute Gasteiger partial charge is 0.380 e. The molecule has 0 unspecified atom stereocenters. The number of hydrogen-bond acceptors (Lipinski definition) is 8. The standard InChI is InChI=1S/C38H39F3N8O4/c1-4-25(19-47-20-37(21-47)22-53-23-37)35(51)46(3)18-24-10-9-11-26(16-24)30-28-17-43-49(27-12-7-6-8-13-27)34(28)48(5-2)36(52)31(30)45-33(50)32-42-15-14-29(44-32)38(39,40)41/h4,6-17,30-31H,5,18-23H2,1-3H3,(H,45,50)/b25-4+/t30-,31+/m1/s1. The molecule has 0 radical (unpaired) electrons. The van der Waals surface area contributed by atoms with E-state index in [9.17, 15) is 27.6 Å². The lowest BCUT2D eigenvalue weighted by Crippen LogP contribution is -2.66. The predicted molar refractivity (Wildman–Crippen MR) is 188 cm³/mol. The van der Waals surface area contributed by atoms with E-state index in [1.54, 1.807) is 29.7 Å². The molecule has 1 N–H and O–H groups in total. The van der Waals surface area contributed by atoms with Crippen LogP contribution in [0.5, 0.6) is 0 Å². The summed E-state index contributed by atoms with van der Waals surface area (Å²) < 4.78 is 47.5. The van der Waals surface area contributed by atoms with Crippen molar-refractivity contribution >= 4 is 23.5 Å². The van der Waals surface area contributed by atoms with Crippen LogP contribution in [0.3, 0.4) is 0 Å². The molecule has 4 aromatic rings. The number of likely N-dealkylation sites (N-methyl/N-ethyl adjacent to an activating group) is 2. The van der Waals surface area contributed by atoms with Gasteiger partial charge in [-0.15, -0.1) is 0 Å². The summed E-state index contributed by atoms with van der Waals surface area (Å²) in [5.74, 6) is -2.65. The maximum atomic E-state index is 14.4. The second-order valence-electron chi connectivity index (χ2n) is 13.8. The number of anilines is 1. The van der Waals surface area contributed by atoms with Gasteiger partial charge in [-0.25, -0.2) is 14.6 Å². The fourth-order valence-electron chi connectivity index (χ4n) is 7.44. The van der Waals surface area contributed by atoms with E-state index in [1.165, 1.54) is 4.90 Å². The highest BCUT2D eigenvalue weighted by Crippen LogP contribution is 2.42. The lowest BCUT2D eigenvalue weighted by Gasteiger charge is -2.55. The average Bonchev–Trinajstić information content (AvgIpc) is 3.55. The molecule has 12 nitrogen and oxygen atoms in total. The van der Waals surface area contributed by atoms with Crippen molar-refractivity contribution in [1.82, 2.24) is 34.9 Å².